The molecule has 23 heavy (non-hydrogen) atoms. The Hall–Kier alpha value is -3.27. The molecule has 0 bridgehead atoms. The summed E-state index contributed by atoms with van der Waals surface area (Å²) in [5.74, 6) is -0.925. The first kappa shape index (κ1) is 14.7. The molecule has 5 nitrogen and oxygen atoms in total. The second kappa shape index (κ2) is 6.23. The molecule has 0 radical (unpaired) electrons. The van der Waals surface area contributed by atoms with Crippen molar-refractivity contribution >= 4 is 0 Å². The number of rotatable bonds is 4. The minimum absolute atomic E-state index is 0.142. The maximum Gasteiger partial charge on any atom is 0.190 e. The molecular formula is C16H10F2N4O. The van der Waals surface area contributed by atoms with Crippen molar-refractivity contribution < 1.29 is 13.5 Å². The van der Waals surface area contributed by atoms with Gasteiger partial charge in [0.25, 0.3) is 0 Å². The van der Waals surface area contributed by atoms with Crippen LogP contribution in [0, 0.1) is 23.0 Å². The highest BCUT2D eigenvalue weighted by Gasteiger charge is 2.12. The summed E-state index contributed by atoms with van der Waals surface area (Å²) in [5.41, 5.74) is 1.01. The maximum absolute atomic E-state index is 13.6. The Bertz CT molecular complexity index is 866. The number of nitriles is 1. The molecule has 0 atom stereocenters. The first-order valence-corrected chi connectivity index (χ1v) is 6.66. The van der Waals surface area contributed by atoms with E-state index in [4.69, 9.17) is 10.00 Å². The van der Waals surface area contributed by atoms with Crippen molar-refractivity contribution in [1.29, 1.82) is 5.26 Å². The Morgan fingerprint density at radius 3 is 2.57 bits per heavy atom. The highest BCUT2D eigenvalue weighted by Crippen LogP contribution is 2.25. The Morgan fingerprint density at radius 1 is 1.09 bits per heavy atom. The zero-order valence-electron chi connectivity index (χ0n) is 11.8. The van der Waals surface area contributed by atoms with Crippen LogP contribution in [0.5, 0.6) is 5.75 Å². The zero-order chi connectivity index (χ0) is 16.2. The minimum Gasteiger partial charge on any atom is -0.489 e. The van der Waals surface area contributed by atoms with E-state index in [2.05, 4.69) is 15.4 Å². The van der Waals surface area contributed by atoms with E-state index in [0.29, 0.717) is 17.0 Å². The third-order valence-electron chi connectivity index (χ3n) is 3.21. The molecule has 114 valence electrons. The lowest BCUT2D eigenvalue weighted by Gasteiger charge is -2.09. The number of aromatic nitrogens is 3. The number of benzene rings is 2. The molecule has 7 heteroatoms. The Labute approximate surface area is 130 Å². The van der Waals surface area contributed by atoms with Crippen molar-refractivity contribution in [3.63, 3.8) is 0 Å². The number of halogens is 2. The SMILES string of the molecule is N#Cc1n[nH]nc1-c1cccc(OCc2c(F)cccc2F)c1. The summed E-state index contributed by atoms with van der Waals surface area (Å²) < 4.78 is 32.6. The van der Waals surface area contributed by atoms with Crippen LogP contribution in [0.4, 0.5) is 8.78 Å². The van der Waals surface area contributed by atoms with Crippen molar-refractivity contribution in [2.75, 3.05) is 0 Å². The molecule has 3 aromatic rings. The van der Waals surface area contributed by atoms with Crippen LogP contribution >= 0.6 is 0 Å². The highest BCUT2D eigenvalue weighted by atomic mass is 19.1. The van der Waals surface area contributed by atoms with Crippen LogP contribution in [-0.2, 0) is 6.61 Å². The van der Waals surface area contributed by atoms with E-state index in [9.17, 15) is 8.78 Å². The van der Waals surface area contributed by atoms with Gasteiger partial charge in [-0.25, -0.2) is 8.78 Å². The van der Waals surface area contributed by atoms with Gasteiger partial charge in [-0.05, 0) is 24.3 Å². The number of aromatic amines is 1. The summed E-state index contributed by atoms with van der Waals surface area (Å²) in [5, 5.41) is 19.0. The largest absolute Gasteiger partial charge is 0.489 e. The van der Waals surface area contributed by atoms with Gasteiger partial charge < -0.3 is 4.74 Å². The van der Waals surface area contributed by atoms with E-state index in [1.807, 2.05) is 6.07 Å². The number of ether oxygens (including phenoxy) is 1. The van der Waals surface area contributed by atoms with Crippen molar-refractivity contribution in [2.45, 2.75) is 6.61 Å². The quantitative estimate of drug-likeness (QED) is 0.803. The second-order valence-electron chi connectivity index (χ2n) is 4.65. The van der Waals surface area contributed by atoms with Crippen molar-refractivity contribution in [2.24, 2.45) is 0 Å². The van der Waals surface area contributed by atoms with Gasteiger partial charge in [0.2, 0.25) is 0 Å². The monoisotopic (exact) mass is 312 g/mol. The van der Waals surface area contributed by atoms with Gasteiger partial charge in [0.1, 0.15) is 35.8 Å². The van der Waals surface area contributed by atoms with Crippen LogP contribution < -0.4 is 4.74 Å². The number of H-pyrrole nitrogens is 1. The van der Waals surface area contributed by atoms with Gasteiger partial charge in [-0.2, -0.15) is 15.6 Å². The third kappa shape index (κ3) is 3.01. The molecule has 0 aliphatic rings. The lowest BCUT2D eigenvalue weighted by molar-refractivity contribution is 0.292. The van der Waals surface area contributed by atoms with E-state index in [-0.39, 0.29) is 17.9 Å². The van der Waals surface area contributed by atoms with Gasteiger partial charge in [-0.3, -0.25) is 0 Å². The minimum atomic E-state index is -0.663. The molecule has 1 aromatic heterocycles. The fraction of sp³-hybridized carbons (Fsp3) is 0.0625. The van der Waals surface area contributed by atoms with Gasteiger partial charge in [-0.1, -0.05) is 18.2 Å². The van der Waals surface area contributed by atoms with Gasteiger partial charge in [0, 0.05) is 5.56 Å². The number of hydrogen-bond acceptors (Lipinski definition) is 4. The molecule has 0 amide bonds. The summed E-state index contributed by atoms with van der Waals surface area (Å²) >= 11 is 0. The molecule has 0 saturated carbocycles. The lowest BCUT2D eigenvalue weighted by Crippen LogP contribution is -2.01. The van der Waals surface area contributed by atoms with Crippen molar-refractivity contribution in [1.82, 2.24) is 15.4 Å². The Balaban J connectivity index is 1.83. The van der Waals surface area contributed by atoms with E-state index in [0.717, 1.165) is 0 Å². The maximum atomic E-state index is 13.6. The van der Waals surface area contributed by atoms with Crippen LogP contribution in [0.25, 0.3) is 11.3 Å². The summed E-state index contributed by atoms with van der Waals surface area (Å²) in [7, 11) is 0. The van der Waals surface area contributed by atoms with E-state index in [1.54, 1.807) is 24.3 Å². The Kier molecular flexibility index (Phi) is 3.97. The van der Waals surface area contributed by atoms with E-state index in [1.165, 1.54) is 18.2 Å². The summed E-state index contributed by atoms with van der Waals surface area (Å²) in [4.78, 5) is 0. The third-order valence-corrected chi connectivity index (χ3v) is 3.21. The Morgan fingerprint density at radius 2 is 1.83 bits per heavy atom. The molecule has 0 fully saturated rings. The van der Waals surface area contributed by atoms with E-state index < -0.39 is 11.6 Å². The topological polar surface area (TPSA) is 74.6 Å². The number of nitrogens with one attached hydrogen (secondary N) is 1. The molecule has 0 unspecified atom stereocenters. The molecule has 0 saturated heterocycles. The highest BCUT2D eigenvalue weighted by molar-refractivity contribution is 5.65. The molecule has 3 rings (SSSR count). The zero-order valence-corrected chi connectivity index (χ0v) is 11.8. The van der Waals surface area contributed by atoms with Crippen LogP contribution in [0.3, 0.4) is 0 Å². The molecular weight excluding hydrogens is 302 g/mol. The van der Waals surface area contributed by atoms with E-state index >= 15 is 0 Å². The van der Waals surface area contributed by atoms with Crippen molar-refractivity contribution in [3.8, 4) is 23.1 Å². The fourth-order valence-corrected chi connectivity index (χ4v) is 2.07. The van der Waals surface area contributed by atoms with Gasteiger partial charge >= 0.3 is 0 Å². The van der Waals surface area contributed by atoms with Crippen LogP contribution in [0.2, 0.25) is 0 Å². The molecule has 0 spiro atoms. The second-order valence-corrected chi connectivity index (χ2v) is 4.65. The average Bonchev–Trinajstić information content (AvgIpc) is 3.03. The normalized spacial score (nSPS) is 10.3. The molecule has 0 aliphatic heterocycles. The number of nitrogens with zero attached hydrogens (tertiary/aromatic N) is 3. The molecule has 1 N–H and O–H groups in total. The van der Waals surface area contributed by atoms with Gasteiger partial charge in [-0.15, -0.1) is 5.10 Å². The van der Waals surface area contributed by atoms with Crippen LogP contribution in [0.1, 0.15) is 11.3 Å². The molecule has 0 aliphatic carbocycles. The summed E-state index contributed by atoms with van der Waals surface area (Å²) in [6, 6.07) is 12.3. The lowest BCUT2D eigenvalue weighted by atomic mass is 10.1. The fourth-order valence-electron chi connectivity index (χ4n) is 2.07. The number of hydrogen-bond donors (Lipinski definition) is 1. The van der Waals surface area contributed by atoms with Gasteiger partial charge in [0.15, 0.2) is 5.69 Å². The van der Waals surface area contributed by atoms with Crippen molar-refractivity contribution in [3.05, 3.63) is 65.4 Å². The smallest absolute Gasteiger partial charge is 0.190 e. The predicted octanol–water partition coefficient (Wildman–Crippen LogP) is 3.20. The first-order valence-electron chi connectivity index (χ1n) is 6.66. The summed E-state index contributed by atoms with van der Waals surface area (Å²) in [6.45, 7) is -0.244. The average molecular weight is 312 g/mol. The van der Waals surface area contributed by atoms with Crippen LogP contribution in [0.15, 0.2) is 42.5 Å². The van der Waals surface area contributed by atoms with Gasteiger partial charge in [0.05, 0.1) is 5.56 Å². The standard InChI is InChI=1S/C16H10F2N4O/c17-13-5-2-6-14(18)12(13)9-23-11-4-1-3-10(7-11)16-15(8-19)20-22-21-16/h1-7H,9H2,(H,20,21,22). The predicted molar refractivity (Wildman–Crippen MR) is 77.2 cm³/mol. The summed E-state index contributed by atoms with van der Waals surface area (Å²) in [6.07, 6.45) is 0. The first-order chi connectivity index (χ1) is 11.2. The molecule has 1 heterocycles. The molecule has 2 aromatic carbocycles. The van der Waals surface area contributed by atoms with Crippen LogP contribution in [-0.4, -0.2) is 15.4 Å².